The summed E-state index contributed by atoms with van der Waals surface area (Å²) < 4.78 is 2.20. The van der Waals surface area contributed by atoms with Crippen LogP contribution in [0, 0.1) is 0 Å². The predicted molar refractivity (Wildman–Crippen MR) is 105 cm³/mol. The molecule has 27 heavy (non-hydrogen) atoms. The molecule has 1 saturated heterocycles. The third-order valence-corrected chi connectivity index (χ3v) is 5.83. The van der Waals surface area contributed by atoms with E-state index in [0.717, 1.165) is 51.1 Å². The first kappa shape index (κ1) is 18.0. The molecular formula is C21H29N5O. The van der Waals surface area contributed by atoms with Gasteiger partial charge in [0.2, 0.25) is 0 Å². The van der Waals surface area contributed by atoms with E-state index in [1.54, 1.807) is 6.20 Å². The van der Waals surface area contributed by atoms with Gasteiger partial charge in [-0.15, -0.1) is 0 Å². The molecule has 1 unspecified atom stereocenters. The molecule has 2 fully saturated rings. The van der Waals surface area contributed by atoms with Crippen LogP contribution in [0.1, 0.15) is 62.3 Å². The van der Waals surface area contributed by atoms with Crippen LogP contribution in [0.4, 0.5) is 4.79 Å². The molecule has 0 spiro atoms. The van der Waals surface area contributed by atoms with Crippen LogP contribution in [-0.4, -0.2) is 44.6 Å². The number of amides is 2. The second-order valence-corrected chi connectivity index (χ2v) is 7.84. The lowest BCUT2D eigenvalue weighted by molar-refractivity contribution is 0.171. The number of hydrogen-bond donors (Lipinski definition) is 1. The summed E-state index contributed by atoms with van der Waals surface area (Å²) in [5.74, 6) is 1.37. The molecule has 2 amide bonds. The van der Waals surface area contributed by atoms with Crippen LogP contribution in [0.5, 0.6) is 0 Å². The summed E-state index contributed by atoms with van der Waals surface area (Å²) in [5, 5.41) is 3.26. The average molecular weight is 367 g/mol. The molecule has 3 heterocycles. The molecule has 2 aliphatic rings. The molecule has 1 aliphatic carbocycles. The molecular weight excluding hydrogens is 338 g/mol. The lowest BCUT2D eigenvalue weighted by Crippen LogP contribution is -2.48. The molecule has 2 aromatic heterocycles. The fourth-order valence-corrected chi connectivity index (χ4v) is 4.39. The Balaban J connectivity index is 1.39. The lowest BCUT2D eigenvalue weighted by Gasteiger charge is -2.34. The van der Waals surface area contributed by atoms with Crippen molar-refractivity contribution in [3.63, 3.8) is 0 Å². The summed E-state index contributed by atoms with van der Waals surface area (Å²) in [6.07, 6.45) is 15.7. The van der Waals surface area contributed by atoms with Crippen LogP contribution in [0.25, 0.3) is 0 Å². The summed E-state index contributed by atoms with van der Waals surface area (Å²) in [6, 6.07) is 4.52. The molecule has 0 aromatic carbocycles. The smallest absolute Gasteiger partial charge is 0.317 e. The van der Waals surface area contributed by atoms with Gasteiger partial charge in [0.15, 0.2) is 0 Å². The highest BCUT2D eigenvalue weighted by Crippen LogP contribution is 2.27. The minimum atomic E-state index is 0.108. The van der Waals surface area contributed by atoms with Gasteiger partial charge in [0, 0.05) is 49.8 Å². The number of hydrogen-bond acceptors (Lipinski definition) is 3. The van der Waals surface area contributed by atoms with Gasteiger partial charge in [-0.1, -0.05) is 25.3 Å². The van der Waals surface area contributed by atoms with Gasteiger partial charge in [-0.25, -0.2) is 9.78 Å². The highest BCUT2D eigenvalue weighted by Gasteiger charge is 2.28. The number of aromatic nitrogens is 3. The molecule has 6 nitrogen and oxygen atoms in total. The Morgan fingerprint density at radius 2 is 2.04 bits per heavy atom. The van der Waals surface area contributed by atoms with E-state index in [0.29, 0.717) is 12.0 Å². The van der Waals surface area contributed by atoms with E-state index in [4.69, 9.17) is 0 Å². The Bertz CT molecular complexity index is 738. The fourth-order valence-electron chi connectivity index (χ4n) is 4.39. The number of nitrogens with one attached hydrogen (secondary N) is 1. The quantitative estimate of drug-likeness (QED) is 0.899. The number of carbonyl (C=O) groups is 1. The van der Waals surface area contributed by atoms with Crippen molar-refractivity contribution in [2.45, 2.75) is 63.5 Å². The van der Waals surface area contributed by atoms with E-state index in [1.807, 2.05) is 29.6 Å². The van der Waals surface area contributed by atoms with Crippen LogP contribution < -0.4 is 5.32 Å². The van der Waals surface area contributed by atoms with E-state index in [9.17, 15) is 4.79 Å². The molecule has 1 N–H and O–H groups in total. The first-order valence-corrected chi connectivity index (χ1v) is 10.2. The van der Waals surface area contributed by atoms with Crippen molar-refractivity contribution < 1.29 is 4.79 Å². The lowest BCUT2D eigenvalue weighted by atomic mass is 9.95. The number of piperidine rings is 1. The van der Waals surface area contributed by atoms with E-state index < -0.39 is 0 Å². The van der Waals surface area contributed by atoms with Gasteiger partial charge in [0.1, 0.15) is 5.82 Å². The maximum atomic E-state index is 12.7. The van der Waals surface area contributed by atoms with E-state index in [2.05, 4.69) is 25.9 Å². The number of carbonyl (C=O) groups excluding carboxylic acids is 1. The maximum absolute atomic E-state index is 12.7. The molecule has 1 aliphatic heterocycles. The highest BCUT2D eigenvalue weighted by molar-refractivity contribution is 5.74. The number of urea groups is 1. The van der Waals surface area contributed by atoms with Gasteiger partial charge in [0.05, 0.1) is 6.54 Å². The average Bonchev–Trinajstić information content (AvgIpc) is 3.18. The van der Waals surface area contributed by atoms with E-state index in [1.165, 1.54) is 24.8 Å². The summed E-state index contributed by atoms with van der Waals surface area (Å²) in [7, 11) is 0. The number of pyridine rings is 1. The van der Waals surface area contributed by atoms with Crippen LogP contribution in [-0.2, 0) is 6.54 Å². The van der Waals surface area contributed by atoms with Gasteiger partial charge < -0.3 is 14.8 Å². The molecule has 1 saturated carbocycles. The van der Waals surface area contributed by atoms with Crippen LogP contribution in [0.15, 0.2) is 36.9 Å². The van der Waals surface area contributed by atoms with Crippen LogP contribution in [0.2, 0.25) is 0 Å². The predicted octanol–water partition coefficient (Wildman–Crippen LogP) is 3.55. The molecule has 6 heteroatoms. The summed E-state index contributed by atoms with van der Waals surface area (Å²) in [5.41, 5.74) is 1.17. The molecule has 0 bridgehead atoms. The molecule has 144 valence electrons. The Labute approximate surface area is 161 Å². The number of likely N-dealkylation sites (tertiary alicyclic amines) is 1. The number of rotatable bonds is 4. The molecule has 2 aromatic rings. The zero-order valence-electron chi connectivity index (χ0n) is 15.9. The van der Waals surface area contributed by atoms with Gasteiger partial charge in [-0.05, 0) is 37.3 Å². The SMILES string of the molecule is O=C(NC1CCCCC1)N1CCCC(c2nccn2Cc2cccnc2)C1. The highest BCUT2D eigenvalue weighted by atomic mass is 16.2. The summed E-state index contributed by atoms with van der Waals surface area (Å²) in [4.78, 5) is 23.6. The minimum absolute atomic E-state index is 0.108. The molecule has 1 atom stereocenters. The third kappa shape index (κ3) is 4.49. The van der Waals surface area contributed by atoms with Gasteiger partial charge in [-0.2, -0.15) is 0 Å². The second-order valence-electron chi connectivity index (χ2n) is 7.84. The van der Waals surface area contributed by atoms with Crippen LogP contribution >= 0.6 is 0 Å². The largest absolute Gasteiger partial charge is 0.335 e. The standard InChI is InChI=1S/C21H29N5O/c27-21(24-19-8-2-1-3-9-19)26-12-5-7-18(16-26)20-23-11-13-25(20)15-17-6-4-10-22-14-17/h4,6,10-11,13-14,18-19H,1-3,5,7-9,12,15-16H2,(H,24,27). The van der Waals surface area contributed by atoms with Crippen molar-refractivity contribution in [1.29, 1.82) is 0 Å². The second kappa shape index (κ2) is 8.55. The molecule has 4 rings (SSSR count). The van der Waals surface area contributed by atoms with Crippen molar-refractivity contribution in [1.82, 2.24) is 24.8 Å². The number of nitrogens with zero attached hydrogens (tertiary/aromatic N) is 4. The van der Waals surface area contributed by atoms with Crippen molar-refractivity contribution >= 4 is 6.03 Å². The number of imidazole rings is 1. The molecule has 0 radical (unpaired) electrons. The van der Waals surface area contributed by atoms with Crippen molar-refractivity contribution in [2.24, 2.45) is 0 Å². The Morgan fingerprint density at radius 3 is 2.85 bits per heavy atom. The van der Waals surface area contributed by atoms with Crippen molar-refractivity contribution in [3.8, 4) is 0 Å². The normalized spacial score (nSPS) is 21.2. The zero-order valence-corrected chi connectivity index (χ0v) is 15.9. The van der Waals surface area contributed by atoms with E-state index in [-0.39, 0.29) is 6.03 Å². The van der Waals surface area contributed by atoms with Crippen LogP contribution in [0.3, 0.4) is 0 Å². The Morgan fingerprint density at radius 1 is 1.15 bits per heavy atom. The third-order valence-electron chi connectivity index (χ3n) is 5.83. The fraction of sp³-hybridized carbons (Fsp3) is 0.571. The van der Waals surface area contributed by atoms with E-state index >= 15 is 0 Å². The van der Waals surface area contributed by atoms with Gasteiger partial charge in [0.25, 0.3) is 0 Å². The van der Waals surface area contributed by atoms with Gasteiger partial charge >= 0.3 is 6.03 Å². The Kier molecular flexibility index (Phi) is 5.70. The van der Waals surface area contributed by atoms with Gasteiger partial charge in [-0.3, -0.25) is 4.98 Å². The Hall–Kier alpha value is -2.37. The monoisotopic (exact) mass is 367 g/mol. The first-order valence-electron chi connectivity index (χ1n) is 10.2. The van der Waals surface area contributed by atoms with Crippen molar-refractivity contribution in [3.05, 3.63) is 48.3 Å². The zero-order chi connectivity index (χ0) is 18.5. The maximum Gasteiger partial charge on any atom is 0.317 e. The van der Waals surface area contributed by atoms with Crippen molar-refractivity contribution in [2.75, 3.05) is 13.1 Å². The minimum Gasteiger partial charge on any atom is -0.335 e. The summed E-state index contributed by atoms with van der Waals surface area (Å²) in [6.45, 7) is 2.37. The summed E-state index contributed by atoms with van der Waals surface area (Å²) >= 11 is 0. The topological polar surface area (TPSA) is 63.1 Å². The first-order chi connectivity index (χ1) is 13.3.